The van der Waals surface area contributed by atoms with Gasteiger partial charge in [-0.3, -0.25) is 14.9 Å². The quantitative estimate of drug-likeness (QED) is 0.178. The summed E-state index contributed by atoms with van der Waals surface area (Å²) in [5.74, 6) is -0.419. The van der Waals surface area contributed by atoms with Gasteiger partial charge in [-0.1, -0.05) is 48.5 Å². The van der Waals surface area contributed by atoms with E-state index in [-0.39, 0.29) is 0 Å². The molecule has 0 radical (unpaired) electrons. The fourth-order valence-electron chi connectivity index (χ4n) is 7.55. The highest BCUT2D eigenvalue weighted by molar-refractivity contribution is 6.12. The molecule has 0 spiro atoms. The predicted molar refractivity (Wildman–Crippen MR) is 187 cm³/mol. The van der Waals surface area contributed by atoms with E-state index in [0.717, 1.165) is 112 Å². The van der Waals surface area contributed by atoms with Crippen molar-refractivity contribution < 1.29 is 9.59 Å². The molecule has 2 aliphatic rings. The standard InChI is InChI=1S/C38H47N5O2/c1-9-22-23(10-2)35-33(38(45)39-21-44)37-25(12-4)24(11-3)36(43(37)16-8)28(15-7)32-20-18-30(41-32)26(13-5)29-17-19-31(40-29)27(14-6)34(22)42-35/h17-21,40H,9-16H2,1-8H3,(H,39,44,45). The van der Waals surface area contributed by atoms with Gasteiger partial charge >= 0.3 is 0 Å². The zero-order chi connectivity index (χ0) is 32.4. The maximum absolute atomic E-state index is 14.2. The summed E-state index contributed by atoms with van der Waals surface area (Å²) in [5, 5.41) is 2.51. The maximum atomic E-state index is 14.2. The number of carbonyl (C=O) groups excluding carboxylic acids is 2. The first-order valence-electron chi connectivity index (χ1n) is 16.8. The van der Waals surface area contributed by atoms with Crippen LogP contribution >= 0.6 is 0 Å². The number of hydrogen-bond acceptors (Lipinski definition) is 4. The van der Waals surface area contributed by atoms with E-state index in [1.165, 1.54) is 11.1 Å². The van der Waals surface area contributed by atoms with Crippen LogP contribution in [0, 0.1) is 0 Å². The Hall–Kier alpha value is -4.26. The van der Waals surface area contributed by atoms with Gasteiger partial charge in [0.05, 0.1) is 39.4 Å². The van der Waals surface area contributed by atoms with Gasteiger partial charge in [0.1, 0.15) is 0 Å². The minimum Gasteiger partial charge on any atom is -0.355 e. The summed E-state index contributed by atoms with van der Waals surface area (Å²) in [7, 11) is 0. The third-order valence-corrected chi connectivity index (χ3v) is 9.48. The van der Waals surface area contributed by atoms with Crippen molar-refractivity contribution in [3.05, 3.63) is 68.3 Å². The van der Waals surface area contributed by atoms with Crippen molar-refractivity contribution in [2.75, 3.05) is 0 Å². The van der Waals surface area contributed by atoms with Crippen molar-refractivity contribution in [3.8, 4) is 0 Å². The number of amides is 2. The number of allylic oxidation sites excluding steroid dienone is 2. The highest BCUT2D eigenvalue weighted by atomic mass is 16.2. The summed E-state index contributed by atoms with van der Waals surface area (Å²) in [6.45, 7) is 17.9. The molecule has 0 unspecified atom stereocenters. The lowest BCUT2D eigenvalue weighted by atomic mass is 9.94. The molecule has 0 fully saturated rings. The number of H-pyrrole nitrogens is 1. The zero-order valence-electron chi connectivity index (χ0n) is 28.2. The van der Waals surface area contributed by atoms with E-state index in [1.807, 2.05) is 0 Å². The van der Waals surface area contributed by atoms with Crippen LogP contribution in [0.15, 0.2) is 12.1 Å². The summed E-state index contributed by atoms with van der Waals surface area (Å²) in [5.41, 5.74) is 16.2. The van der Waals surface area contributed by atoms with Crippen molar-refractivity contribution in [2.45, 2.75) is 107 Å². The van der Waals surface area contributed by atoms with Gasteiger partial charge in [0.2, 0.25) is 6.41 Å². The SMILES string of the molecule is CCC1=C(CC)c2nc1c(CC)c1ccc([nH]1)c(CC)c1nc(c(CC)c3c(CC)c(CC)c(c2C(=O)NC=O)n3CC)C=C1. The van der Waals surface area contributed by atoms with Gasteiger partial charge in [0.25, 0.3) is 5.91 Å². The van der Waals surface area contributed by atoms with E-state index >= 15 is 0 Å². The maximum Gasteiger partial charge on any atom is 0.261 e. The average molecular weight is 606 g/mol. The molecule has 236 valence electrons. The van der Waals surface area contributed by atoms with E-state index in [9.17, 15) is 9.59 Å². The lowest BCUT2D eigenvalue weighted by molar-refractivity contribution is -0.108. The van der Waals surface area contributed by atoms with Crippen molar-refractivity contribution in [2.24, 2.45) is 0 Å². The van der Waals surface area contributed by atoms with Gasteiger partial charge in [0, 0.05) is 34.3 Å². The number of imide groups is 1. The Morgan fingerprint density at radius 1 is 0.689 bits per heavy atom. The number of aromatic amines is 1. The Kier molecular flexibility index (Phi) is 9.56. The molecule has 3 aromatic heterocycles. The van der Waals surface area contributed by atoms with Crippen LogP contribution in [-0.2, 0) is 43.4 Å². The lowest BCUT2D eigenvalue weighted by Crippen LogP contribution is -2.23. The van der Waals surface area contributed by atoms with Crippen molar-refractivity contribution in [1.29, 1.82) is 0 Å². The Morgan fingerprint density at radius 3 is 1.76 bits per heavy atom. The summed E-state index contributed by atoms with van der Waals surface area (Å²) < 4.78 is 2.29. The number of nitrogens with one attached hydrogen (secondary N) is 2. The Bertz CT molecular complexity index is 1900. The molecule has 0 saturated heterocycles. The second-order valence-corrected chi connectivity index (χ2v) is 11.5. The highest BCUT2D eigenvalue weighted by Crippen LogP contribution is 2.41. The Balaban J connectivity index is 2.23. The van der Waals surface area contributed by atoms with Gasteiger partial charge in [-0.15, -0.1) is 0 Å². The number of rotatable bonds is 10. The molecule has 8 bridgehead atoms. The molecule has 0 saturated carbocycles. The van der Waals surface area contributed by atoms with Crippen LogP contribution in [0.25, 0.3) is 45.4 Å². The Labute approximate surface area is 266 Å². The molecule has 0 atom stereocenters. The number of hydrogen-bond donors (Lipinski definition) is 2. The van der Waals surface area contributed by atoms with E-state index < -0.39 is 5.91 Å². The minimum atomic E-state index is -0.419. The molecule has 3 aromatic rings. The minimum absolute atomic E-state index is 0.419. The van der Waals surface area contributed by atoms with E-state index in [4.69, 9.17) is 9.97 Å². The van der Waals surface area contributed by atoms with Crippen LogP contribution in [0.4, 0.5) is 0 Å². The molecule has 5 rings (SSSR count). The van der Waals surface area contributed by atoms with Crippen LogP contribution in [0.3, 0.4) is 0 Å². The lowest BCUT2D eigenvalue weighted by Gasteiger charge is -2.12. The van der Waals surface area contributed by atoms with Crippen molar-refractivity contribution >= 4 is 57.7 Å². The molecule has 2 aliphatic heterocycles. The number of fused-ring (bicyclic) bond motifs is 8. The second kappa shape index (κ2) is 13.4. The molecule has 5 heterocycles. The summed E-state index contributed by atoms with van der Waals surface area (Å²) in [4.78, 5) is 40.3. The third kappa shape index (κ3) is 5.16. The fraction of sp³-hybridized carbons (Fsp3) is 0.421. The van der Waals surface area contributed by atoms with Gasteiger partial charge in [0.15, 0.2) is 0 Å². The van der Waals surface area contributed by atoms with E-state index in [1.54, 1.807) is 0 Å². The smallest absolute Gasteiger partial charge is 0.261 e. The summed E-state index contributed by atoms with van der Waals surface area (Å²) in [6, 6.07) is 4.30. The van der Waals surface area contributed by atoms with Gasteiger partial charge in [-0.25, -0.2) is 9.97 Å². The average Bonchev–Trinajstić information content (AvgIpc) is 3.84. The summed E-state index contributed by atoms with van der Waals surface area (Å²) in [6.07, 6.45) is 10.2. The van der Waals surface area contributed by atoms with E-state index in [2.05, 4.69) is 94.5 Å². The van der Waals surface area contributed by atoms with Crippen molar-refractivity contribution in [3.63, 3.8) is 0 Å². The number of aromatic nitrogens is 4. The molecule has 0 aromatic carbocycles. The predicted octanol–water partition coefficient (Wildman–Crippen LogP) is 8.41. The molecule has 7 heteroatoms. The molecular formula is C38H47N5O2. The first-order valence-corrected chi connectivity index (χ1v) is 16.8. The molecule has 45 heavy (non-hydrogen) atoms. The largest absolute Gasteiger partial charge is 0.355 e. The van der Waals surface area contributed by atoms with E-state index in [0.29, 0.717) is 24.2 Å². The number of carbonyl (C=O) groups is 2. The molecule has 2 N–H and O–H groups in total. The summed E-state index contributed by atoms with van der Waals surface area (Å²) >= 11 is 0. The Morgan fingerprint density at radius 2 is 1.22 bits per heavy atom. The van der Waals surface area contributed by atoms with Crippen LogP contribution in [0.2, 0.25) is 0 Å². The van der Waals surface area contributed by atoms with Crippen molar-refractivity contribution in [1.82, 2.24) is 24.8 Å². The zero-order valence-corrected chi connectivity index (χ0v) is 28.2. The molecule has 2 amide bonds. The van der Waals surface area contributed by atoms with Gasteiger partial charge in [-0.2, -0.15) is 0 Å². The first kappa shape index (κ1) is 32.1. The number of aryl methyl sites for hydroxylation is 6. The van der Waals surface area contributed by atoms with Crippen LogP contribution in [0.5, 0.6) is 0 Å². The second-order valence-electron chi connectivity index (χ2n) is 11.5. The monoisotopic (exact) mass is 605 g/mol. The fourth-order valence-corrected chi connectivity index (χ4v) is 7.55. The van der Waals surface area contributed by atoms with Crippen LogP contribution < -0.4 is 5.32 Å². The molecular weight excluding hydrogens is 558 g/mol. The molecule has 0 aliphatic carbocycles. The highest BCUT2D eigenvalue weighted by Gasteiger charge is 2.30. The van der Waals surface area contributed by atoms with Gasteiger partial charge in [-0.05, 0) is 98.4 Å². The van der Waals surface area contributed by atoms with Gasteiger partial charge < -0.3 is 9.55 Å². The third-order valence-electron chi connectivity index (χ3n) is 9.48. The topological polar surface area (TPSA) is 92.7 Å². The molecule has 7 nitrogen and oxygen atoms in total. The first-order chi connectivity index (χ1) is 21.9. The van der Waals surface area contributed by atoms with Crippen LogP contribution in [0.1, 0.15) is 129 Å². The van der Waals surface area contributed by atoms with Crippen LogP contribution in [-0.4, -0.2) is 31.8 Å². The number of nitrogens with zero attached hydrogens (tertiary/aromatic N) is 3. The normalized spacial score (nSPS) is 12.7.